The van der Waals surface area contributed by atoms with Crippen LogP contribution in [0.5, 0.6) is 17.2 Å². The lowest BCUT2D eigenvalue weighted by Gasteiger charge is -2.16. The van der Waals surface area contributed by atoms with Crippen LogP contribution in [0.2, 0.25) is 0 Å². The molecule has 0 saturated carbocycles. The Bertz CT molecular complexity index is 789. The van der Waals surface area contributed by atoms with Crippen LogP contribution in [-0.2, 0) is 4.74 Å². The van der Waals surface area contributed by atoms with E-state index in [0.717, 1.165) is 6.26 Å². The molecule has 0 spiro atoms. The minimum Gasteiger partial charge on any atom is -0.490 e. The summed E-state index contributed by atoms with van der Waals surface area (Å²) in [4.78, 5) is 28.2. The summed E-state index contributed by atoms with van der Waals surface area (Å²) in [6.45, 7) is 8.57. The smallest absolute Gasteiger partial charge is 0.360 e. The molecule has 1 heterocycles. The van der Waals surface area contributed by atoms with Gasteiger partial charge in [0.2, 0.25) is 5.75 Å². The Hall–Kier alpha value is -3.23. The number of carbonyl (C=O) groups excluding carboxylic acids is 2. The molecule has 9 heteroatoms. The van der Waals surface area contributed by atoms with Crippen molar-refractivity contribution in [2.45, 2.75) is 27.7 Å². The van der Waals surface area contributed by atoms with E-state index in [0.29, 0.717) is 37.1 Å². The van der Waals surface area contributed by atoms with Gasteiger partial charge in [0.1, 0.15) is 6.26 Å². The van der Waals surface area contributed by atoms with E-state index in [2.05, 4.69) is 10.3 Å². The normalized spacial score (nSPS) is 10.3. The molecule has 2 rings (SSSR count). The second-order valence-corrected chi connectivity index (χ2v) is 5.31. The van der Waals surface area contributed by atoms with Crippen molar-refractivity contribution in [1.29, 1.82) is 0 Å². The Morgan fingerprint density at radius 1 is 0.964 bits per heavy atom. The Morgan fingerprint density at radius 3 is 2.11 bits per heavy atom. The monoisotopic (exact) mass is 392 g/mol. The van der Waals surface area contributed by atoms with Crippen molar-refractivity contribution < 1.29 is 33.0 Å². The Morgan fingerprint density at radius 2 is 1.57 bits per heavy atom. The van der Waals surface area contributed by atoms with Gasteiger partial charge in [-0.05, 0) is 39.8 Å². The fraction of sp³-hybridized carbons (Fsp3) is 0.421. The highest BCUT2D eigenvalue weighted by Gasteiger charge is 2.20. The number of esters is 1. The Kier molecular flexibility index (Phi) is 7.67. The van der Waals surface area contributed by atoms with E-state index in [1.165, 1.54) is 0 Å². The molecular weight excluding hydrogens is 368 g/mol. The SMILES string of the molecule is CCOC(=O)c1coc(NC(=O)c2cc(OCC)c(OCC)c(OCC)c2)n1. The van der Waals surface area contributed by atoms with E-state index < -0.39 is 11.9 Å². The zero-order valence-corrected chi connectivity index (χ0v) is 16.4. The van der Waals surface area contributed by atoms with E-state index in [-0.39, 0.29) is 23.9 Å². The van der Waals surface area contributed by atoms with Crippen LogP contribution in [0.25, 0.3) is 0 Å². The van der Waals surface area contributed by atoms with Gasteiger partial charge in [-0.2, -0.15) is 4.98 Å². The first-order valence-corrected chi connectivity index (χ1v) is 9.04. The summed E-state index contributed by atoms with van der Waals surface area (Å²) in [5.41, 5.74) is 0.222. The molecule has 28 heavy (non-hydrogen) atoms. The zero-order chi connectivity index (χ0) is 20.5. The summed E-state index contributed by atoms with van der Waals surface area (Å²) in [6, 6.07) is 2.96. The standard InChI is InChI=1S/C19H24N2O7/c1-5-24-14-9-12(10-15(25-6-2)16(14)26-7-3)17(22)21-19-20-13(11-28-19)18(23)27-8-4/h9-11H,5-8H2,1-4H3,(H,20,21,22). The molecule has 0 radical (unpaired) electrons. The number of amides is 1. The third-order valence-electron chi connectivity index (χ3n) is 3.38. The van der Waals surface area contributed by atoms with Crippen LogP contribution in [0.4, 0.5) is 6.01 Å². The van der Waals surface area contributed by atoms with Crippen molar-refractivity contribution in [2.75, 3.05) is 31.7 Å². The number of carbonyl (C=O) groups is 2. The molecule has 2 aromatic rings. The molecule has 1 aromatic heterocycles. The minimum atomic E-state index is -0.634. The van der Waals surface area contributed by atoms with Crippen LogP contribution in [0.1, 0.15) is 48.5 Å². The number of nitrogens with zero attached hydrogens (tertiary/aromatic N) is 1. The lowest BCUT2D eigenvalue weighted by Crippen LogP contribution is -2.14. The summed E-state index contributed by atoms with van der Waals surface area (Å²) < 4.78 is 26.7. The maximum atomic E-state index is 12.6. The Labute approximate surface area is 162 Å². The number of ether oxygens (including phenoxy) is 4. The van der Waals surface area contributed by atoms with Crippen molar-refractivity contribution >= 4 is 17.9 Å². The summed E-state index contributed by atoms with van der Waals surface area (Å²) in [6.07, 6.45) is 1.11. The van der Waals surface area contributed by atoms with Gasteiger partial charge in [0.05, 0.1) is 26.4 Å². The second kappa shape index (κ2) is 10.2. The third-order valence-corrected chi connectivity index (χ3v) is 3.38. The third kappa shape index (κ3) is 5.15. The molecule has 0 bridgehead atoms. The van der Waals surface area contributed by atoms with Gasteiger partial charge in [-0.1, -0.05) is 0 Å². The van der Waals surface area contributed by atoms with Gasteiger partial charge in [-0.3, -0.25) is 10.1 Å². The number of anilines is 1. The van der Waals surface area contributed by atoms with Crippen LogP contribution in [0.15, 0.2) is 22.8 Å². The van der Waals surface area contributed by atoms with E-state index in [9.17, 15) is 9.59 Å². The maximum Gasteiger partial charge on any atom is 0.360 e. The minimum absolute atomic E-state index is 0.0335. The zero-order valence-electron chi connectivity index (χ0n) is 16.4. The lowest BCUT2D eigenvalue weighted by atomic mass is 10.1. The maximum absolute atomic E-state index is 12.6. The van der Waals surface area contributed by atoms with Crippen molar-refractivity contribution in [2.24, 2.45) is 0 Å². The van der Waals surface area contributed by atoms with Gasteiger partial charge in [-0.15, -0.1) is 0 Å². The molecule has 152 valence electrons. The summed E-state index contributed by atoms with van der Waals surface area (Å²) >= 11 is 0. The highest BCUT2D eigenvalue weighted by atomic mass is 16.5. The van der Waals surface area contributed by atoms with Crippen molar-refractivity contribution in [1.82, 2.24) is 4.98 Å². The predicted octanol–water partition coefficient (Wildman–Crippen LogP) is 3.30. The molecule has 0 unspecified atom stereocenters. The van der Waals surface area contributed by atoms with Crippen LogP contribution in [-0.4, -0.2) is 43.3 Å². The molecule has 1 aromatic carbocycles. The predicted molar refractivity (Wildman–Crippen MR) is 100 cm³/mol. The van der Waals surface area contributed by atoms with Crippen LogP contribution in [0.3, 0.4) is 0 Å². The molecule has 9 nitrogen and oxygen atoms in total. The van der Waals surface area contributed by atoms with Gasteiger partial charge < -0.3 is 23.4 Å². The van der Waals surface area contributed by atoms with Gasteiger partial charge in [0, 0.05) is 5.56 Å². The van der Waals surface area contributed by atoms with Crippen LogP contribution in [0, 0.1) is 0 Å². The first kappa shape index (κ1) is 21.1. The number of rotatable bonds is 10. The van der Waals surface area contributed by atoms with Crippen molar-refractivity contribution in [3.63, 3.8) is 0 Å². The Balaban J connectivity index is 2.27. The first-order chi connectivity index (χ1) is 13.5. The summed E-state index contributed by atoms with van der Waals surface area (Å²) in [5.74, 6) is 0.0656. The lowest BCUT2D eigenvalue weighted by molar-refractivity contribution is 0.0519. The largest absolute Gasteiger partial charge is 0.490 e. The number of nitrogens with one attached hydrogen (secondary N) is 1. The number of hydrogen-bond donors (Lipinski definition) is 1. The molecule has 0 saturated heterocycles. The highest BCUT2D eigenvalue weighted by molar-refractivity contribution is 6.04. The van der Waals surface area contributed by atoms with Crippen molar-refractivity contribution in [3.8, 4) is 17.2 Å². The number of benzene rings is 1. The van der Waals surface area contributed by atoms with E-state index in [1.54, 1.807) is 19.1 Å². The van der Waals surface area contributed by atoms with E-state index in [4.69, 9.17) is 23.4 Å². The fourth-order valence-electron chi connectivity index (χ4n) is 2.32. The summed E-state index contributed by atoms with van der Waals surface area (Å²) in [5, 5.41) is 2.49. The molecule has 1 N–H and O–H groups in total. The average molecular weight is 392 g/mol. The average Bonchev–Trinajstić information content (AvgIpc) is 3.13. The van der Waals surface area contributed by atoms with Gasteiger partial charge in [-0.25, -0.2) is 4.79 Å². The number of oxazole rings is 1. The quantitative estimate of drug-likeness (QED) is 0.614. The van der Waals surface area contributed by atoms with Crippen LogP contribution < -0.4 is 19.5 Å². The second-order valence-electron chi connectivity index (χ2n) is 5.31. The van der Waals surface area contributed by atoms with Gasteiger partial charge in [0.25, 0.3) is 5.91 Å². The molecule has 0 aliphatic heterocycles. The number of aromatic nitrogens is 1. The number of hydrogen-bond acceptors (Lipinski definition) is 8. The van der Waals surface area contributed by atoms with Crippen LogP contribution >= 0.6 is 0 Å². The van der Waals surface area contributed by atoms with E-state index in [1.807, 2.05) is 20.8 Å². The van der Waals surface area contributed by atoms with Crippen molar-refractivity contribution in [3.05, 3.63) is 29.7 Å². The molecule has 0 atom stereocenters. The topological polar surface area (TPSA) is 109 Å². The molecule has 0 aliphatic rings. The molecular formula is C19H24N2O7. The molecule has 0 fully saturated rings. The highest BCUT2D eigenvalue weighted by Crippen LogP contribution is 2.39. The molecule has 0 aliphatic carbocycles. The summed E-state index contributed by atoms with van der Waals surface area (Å²) in [7, 11) is 0. The van der Waals surface area contributed by atoms with Gasteiger partial charge in [0.15, 0.2) is 17.2 Å². The van der Waals surface area contributed by atoms with E-state index >= 15 is 0 Å². The fourth-order valence-corrected chi connectivity index (χ4v) is 2.32. The van der Waals surface area contributed by atoms with Gasteiger partial charge >= 0.3 is 12.0 Å². The first-order valence-electron chi connectivity index (χ1n) is 9.04. The molecule has 1 amide bonds.